The first-order valence-electron chi connectivity index (χ1n) is 11.3. The Bertz CT molecular complexity index is 1110. The molecule has 0 spiro atoms. The number of nitrogens with two attached hydrogens (primary N) is 2. The van der Waals surface area contributed by atoms with E-state index in [0.29, 0.717) is 37.9 Å². The van der Waals surface area contributed by atoms with Gasteiger partial charge in [-0.1, -0.05) is 24.3 Å². The van der Waals surface area contributed by atoms with Gasteiger partial charge in [-0.2, -0.15) is 4.72 Å². The number of amides is 1. The average Bonchev–Trinajstić information content (AvgIpc) is 2.80. The number of fused-ring (bicyclic) bond motifs is 1. The van der Waals surface area contributed by atoms with Gasteiger partial charge in [0, 0.05) is 50.2 Å². The van der Waals surface area contributed by atoms with Crippen molar-refractivity contribution in [3.05, 3.63) is 36.4 Å². The fourth-order valence-corrected chi connectivity index (χ4v) is 5.66. The lowest BCUT2D eigenvalue weighted by molar-refractivity contribution is -0.134. The number of nitrogens with one attached hydrogen (secondary N) is 1. The second-order valence-electron chi connectivity index (χ2n) is 8.53. The van der Waals surface area contributed by atoms with Gasteiger partial charge in [-0.25, -0.2) is 8.42 Å². The van der Waals surface area contributed by atoms with E-state index in [1.54, 1.807) is 23.1 Å². The topological polar surface area (TPSA) is 134 Å². The normalized spacial score (nSPS) is 15.3. The van der Waals surface area contributed by atoms with Gasteiger partial charge in [-0.15, -0.1) is 0 Å². The first-order chi connectivity index (χ1) is 15.7. The van der Waals surface area contributed by atoms with Gasteiger partial charge in [-0.3, -0.25) is 9.79 Å². The summed E-state index contributed by atoms with van der Waals surface area (Å²) in [4.78, 5) is 21.1. The van der Waals surface area contributed by atoms with Crippen LogP contribution in [0.4, 0.5) is 5.69 Å². The van der Waals surface area contributed by atoms with Gasteiger partial charge >= 0.3 is 0 Å². The Labute approximate surface area is 195 Å². The third-order valence-corrected chi connectivity index (χ3v) is 7.37. The van der Waals surface area contributed by atoms with Crippen LogP contribution in [-0.2, 0) is 14.8 Å². The molecule has 10 heteroatoms. The molecule has 1 aliphatic rings. The zero-order chi connectivity index (χ0) is 24.0. The van der Waals surface area contributed by atoms with E-state index in [0.717, 1.165) is 30.3 Å². The molecule has 0 radical (unpaired) electrons. The molecule has 1 atom stereocenters. The van der Waals surface area contributed by atoms with E-state index < -0.39 is 16.1 Å². The van der Waals surface area contributed by atoms with Crippen LogP contribution in [-0.4, -0.2) is 65.0 Å². The molecule has 2 aromatic rings. The zero-order valence-electron chi connectivity index (χ0n) is 19.3. The molecule has 180 valence electrons. The molecule has 1 aliphatic heterocycles. The number of aliphatic imine (C=N–C) groups is 1. The maximum Gasteiger partial charge on any atom is 0.241 e. The van der Waals surface area contributed by atoms with Crippen LogP contribution in [0.5, 0.6) is 0 Å². The van der Waals surface area contributed by atoms with Gasteiger partial charge < -0.3 is 21.3 Å². The van der Waals surface area contributed by atoms with E-state index in [1.807, 2.05) is 37.2 Å². The number of benzene rings is 2. The van der Waals surface area contributed by atoms with E-state index in [4.69, 9.17) is 11.5 Å². The molecule has 0 bridgehead atoms. The van der Waals surface area contributed by atoms with E-state index >= 15 is 0 Å². The largest absolute Gasteiger partial charge is 0.377 e. The van der Waals surface area contributed by atoms with Gasteiger partial charge in [0.2, 0.25) is 15.9 Å². The summed E-state index contributed by atoms with van der Waals surface area (Å²) in [5, 5.41) is 1.44. The van der Waals surface area contributed by atoms with Crippen molar-refractivity contribution in [2.75, 3.05) is 38.6 Å². The van der Waals surface area contributed by atoms with Gasteiger partial charge in [0.25, 0.3) is 0 Å². The zero-order valence-corrected chi connectivity index (χ0v) is 20.1. The molecule has 1 amide bonds. The van der Waals surface area contributed by atoms with Crippen LogP contribution in [0.1, 0.15) is 32.1 Å². The molecule has 5 N–H and O–H groups in total. The highest BCUT2D eigenvalue weighted by Gasteiger charge is 2.30. The number of carbonyl (C=O) groups is 1. The van der Waals surface area contributed by atoms with Crippen molar-refractivity contribution < 1.29 is 13.2 Å². The van der Waals surface area contributed by atoms with Crippen LogP contribution in [0.2, 0.25) is 0 Å². The number of likely N-dealkylation sites (tertiary alicyclic amines) is 1. The third kappa shape index (κ3) is 6.14. The van der Waals surface area contributed by atoms with Crippen LogP contribution in [0.3, 0.4) is 0 Å². The van der Waals surface area contributed by atoms with Crippen molar-refractivity contribution in [2.45, 2.75) is 43.0 Å². The molecule has 2 aromatic carbocycles. The minimum Gasteiger partial charge on any atom is -0.377 e. The van der Waals surface area contributed by atoms with Crippen LogP contribution in [0.25, 0.3) is 10.8 Å². The number of guanidine groups is 1. The van der Waals surface area contributed by atoms with Gasteiger partial charge in [0.05, 0.1) is 4.90 Å². The molecule has 1 saturated heterocycles. The quantitative estimate of drug-likeness (QED) is 0.287. The molecule has 33 heavy (non-hydrogen) atoms. The van der Waals surface area contributed by atoms with Crippen LogP contribution in [0.15, 0.2) is 46.3 Å². The molecule has 0 unspecified atom stereocenters. The third-order valence-electron chi connectivity index (χ3n) is 5.84. The maximum absolute atomic E-state index is 13.5. The fraction of sp³-hybridized carbons (Fsp3) is 0.478. The number of rotatable bonds is 9. The number of piperidine rings is 1. The van der Waals surface area contributed by atoms with E-state index in [9.17, 15) is 13.2 Å². The van der Waals surface area contributed by atoms with Crippen LogP contribution >= 0.6 is 0 Å². The lowest BCUT2D eigenvalue weighted by Gasteiger charge is -2.30. The summed E-state index contributed by atoms with van der Waals surface area (Å²) in [5.41, 5.74) is 11.7. The van der Waals surface area contributed by atoms with Crippen LogP contribution < -0.4 is 21.1 Å². The summed E-state index contributed by atoms with van der Waals surface area (Å²) in [6.45, 7) is 1.62. The molecular weight excluding hydrogens is 440 g/mol. The number of hydrogen-bond donors (Lipinski definition) is 3. The van der Waals surface area contributed by atoms with E-state index in [-0.39, 0.29) is 16.8 Å². The summed E-state index contributed by atoms with van der Waals surface area (Å²) in [6.07, 6.45) is 3.71. The van der Waals surface area contributed by atoms with Crippen molar-refractivity contribution in [3.63, 3.8) is 0 Å². The molecule has 9 nitrogen and oxygen atoms in total. The average molecular weight is 475 g/mol. The highest BCUT2D eigenvalue weighted by Crippen LogP contribution is 2.30. The van der Waals surface area contributed by atoms with Crippen molar-refractivity contribution in [1.82, 2.24) is 9.62 Å². The molecule has 0 saturated carbocycles. The summed E-state index contributed by atoms with van der Waals surface area (Å²) in [6, 6.07) is 9.89. The van der Waals surface area contributed by atoms with Crippen LogP contribution in [0, 0.1) is 0 Å². The molecular formula is C23H34N6O3S. The minimum atomic E-state index is -3.97. The predicted octanol–water partition coefficient (Wildman–Crippen LogP) is 1.62. The number of sulfonamides is 1. The van der Waals surface area contributed by atoms with Crippen molar-refractivity contribution >= 4 is 38.3 Å². The number of hydrogen-bond acceptors (Lipinski definition) is 5. The molecule has 1 fully saturated rings. The Balaban J connectivity index is 1.91. The SMILES string of the molecule is CN(C)c1cccc2c(S(=O)(=O)N[C@@H](CCCN=C(N)N)C(=O)N3CCCCC3)cccc12. The number of nitrogens with zero attached hydrogens (tertiary/aromatic N) is 3. The molecule has 3 rings (SSSR count). The first kappa shape index (κ1) is 24.8. The summed E-state index contributed by atoms with van der Waals surface area (Å²) >= 11 is 0. The van der Waals surface area contributed by atoms with Gasteiger partial charge in [-0.05, 0) is 44.2 Å². The Morgan fingerprint density at radius 3 is 2.42 bits per heavy atom. The fourth-order valence-electron chi connectivity index (χ4n) is 4.21. The standard InChI is InChI=1S/C23H34N6O3S/c1-28(2)20-12-6-10-18-17(20)9-7-13-21(18)33(31,32)27-19(11-8-14-26-23(24)25)22(30)29-15-4-3-5-16-29/h6-7,9-10,12-13,19,27H,3-5,8,11,14-16H2,1-2H3,(H4,24,25,26)/t19-/m0/s1. The monoisotopic (exact) mass is 474 g/mol. The Morgan fingerprint density at radius 1 is 1.09 bits per heavy atom. The van der Waals surface area contributed by atoms with Crippen molar-refractivity contribution in [2.24, 2.45) is 16.5 Å². The van der Waals surface area contributed by atoms with Crippen molar-refractivity contribution in [1.29, 1.82) is 0 Å². The second kappa shape index (κ2) is 10.8. The maximum atomic E-state index is 13.5. The summed E-state index contributed by atoms with van der Waals surface area (Å²) < 4.78 is 29.7. The number of carbonyl (C=O) groups excluding carboxylic acids is 1. The Morgan fingerprint density at radius 2 is 1.76 bits per heavy atom. The Hall–Kier alpha value is -2.85. The first-order valence-corrected chi connectivity index (χ1v) is 12.7. The molecule has 0 aromatic heterocycles. The van der Waals surface area contributed by atoms with E-state index in [2.05, 4.69) is 9.71 Å². The predicted molar refractivity (Wildman–Crippen MR) is 133 cm³/mol. The highest BCUT2D eigenvalue weighted by molar-refractivity contribution is 7.89. The molecule has 1 heterocycles. The Kier molecular flexibility index (Phi) is 8.15. The molecule has 0 aliphatic carbocycles. The highest BCUT2D eigenvalue weighted by atomic mass is 32.2. The lowest BCUT2D eigenvalue weighted by Crippen LogP contribution is -2.50. The van der Waals surface area contributed by atoms with E-state index in [1.165, 1.54) is 0 Å². The summed E-state index contributed by atoms with van der Waals surface area (Å²) in [5.74, 6) is -0.223. The van der Waals surface area contributed by atoms with Gasteiger partial charge in [0.1, 0.15) is 6.04 Å². The second-order valence-corrected chi connectivity index (χ2v) is 10.2. The summed E-state index contributed by atoms with van der Waals surface area (Å²) in [7, 11) is -0.137. The number of anilines is 1. The lowest BCUT2D eigenvalue weighted by atomic mass is 10.1. The smallest absolute Gasteiger partial charge is 0.241 e. The van der Waals surface area contributed by atoms with Crippen molar-refractivity contribution in [3.8, 4) is 0 Å². The minimum absolute atomic E-state index is 0.0260. The van der Waals surface area contributed by atoms with Gasteiger partial charge in [0.15, 0.2) is 5.96 Å².